The van der Waals surface area contributed by atoms with E-state index in [0.717, 1.165) is 30.0 Å². The number of nitrogens with one attached hydrogen (secondary N) is 2. The van der Waals surface area contributed by atoms with Crippen LogP contribution in [0.4, 0.5) is 0 Å². The monoisotopic (exact) mass is 305 g/mol. The predicted molar refractivity (Wildman–Crippen MR) is 96.1 cm³/mol. The van der Waals surface area contributed by atoms with Crippen molar-refractivity contribution >= 4 is 0 Å². The van der Waals surface area contributed by atoms with Gasteiger partial charge in [0.2, 0.25) is 0 Å². The first-order valence-corrected chi connectivity index (χ1v) is 8.19. The molecule has 0 aliphatic carbocycles. The highest BCUT2D eigenvalue weighted by Gasteiger charge is 2.06. The minimum atomic E-state index is 0.537. The maximum absolute atomic E-state index is 4.51. The average Bonchev–Trinajstić information content (AvgIpc) is 3.11. The van der Waals surface area contributed by atoms with Crippen molar-refractivity contribution in [3.8, 4) is 22.6 Å². The lowest BCUT2D eigenvalue weighted by atomic mass is 10.1. The summed E-state index contributed by atoms with van der Waals surface area (Å²) in [5, 5.41) is 3.53. The molecule has 1 atom stereocenters. The molecule has 3 nitrogen and oxygen atoms in total. The topological polar surface area (TPSA) is 40.7 Å². The van der Waals surface area contributed by atoms with Gasteiger partial charge in [-0.1, -0.05) is 55.5 Å². The van der Waals surface area contributed by atoms with Crippen molar-refractivity contribution in [3.05, 3.63) is 66.4 Å². The molecule has 0 bridgehead atoms. The van der Waals surface area contributed by atoms with Crippen LogP contribution in [0, 0.1) is 0 Å². The van der Waals surface area contributed by atoms with Gasteiger partial charge in [-0.15, -0.1) is 0 Å². The van der Waals surface area contributed by atoms with Crippen LogP contribution in [0.15, 0.2) is 60.8 Å². The highest BCUT2D eigenvalue weighted by Crippen LogP contribution is 2.22. The smallest absolute Gasteiger partial charge is 0.137 e. The first kappa shape index (κ1) is 15.5. The van der Waals surface area contributed by atoms with Gasteiger partial charge < -0.3 is 10.3 Å². The summed E-state index contributed by atoms with van der Waals surface area (Å²) in [4.78, 5) is 7.93. The highest BCUT2D eigenvalue weighted by atomic mass is 14.9. The van der Waals surface area contributed by atoms with E-state index in [9.17, 15) is 0 Å². The van der Waals surface area contributed by atoms with E-state index in [-0.39, 0.29) is 0 Å². The van der Waals surface area contributed by atoms with E-state index in [1.807, 2.05) is 24.4 Å². The Bertz CT molecular complexity index is 746. The molecule has 2 aromatic carbocycles. The van der Waals surface area contributed by atoms with Crippen LogP contribution in [0.1, 0.15) is 25.8 Å². The normalized spacial score (nSPS) is 12.3. The number of H-pyrrole nitrogens is 1. The molecule has 0 radical (unpaired) electrons. The molecule has 118 valence electrons. The molecule has 0 saturated carbocycles. The second kappa shape index (κ2) is 7.25. The Hall–Kier alpha value is -2.39. The van der Waals surface area contributed by atoms with Gasteiger partial charge in [0.25, 0.3) is 0 Å². The van der Waals surface area contributed by atoms with Crippen LogP contribution in [0.25, 0.3) is 22.6 Å². The van der Waals surface area contributed by atoms with Gasteiger partial charge in [0.15, 0.2) is 0 Å². The van der Waals surface area contributed by atoms with Gasteiger partial charge >= 0.3 is 0 Å². The molecule has 0 saturated heterocycles. The van der Waals surface area contributed by atoms with Crippen molar-refractivity contribution in [2.75, 3.05) is 0 Å². The largest absolute Gasteiger partial charge is 0.338 e. The van der Waals surface area contributed by atoms with E-state index in [0.29, 0.717) is 6.04 Å². The Labute approximate surface area is 137 Å². The molecular formula is C20H23N3. The molecule has 3 rings (SSSR count). The second-order valence-electron chi connectivity index (χ2n) is 5.90. The van der Waals surface area contributed by atoms with E-state index in [4.69, 9.17) is 0 Å². The van der Waals surface area contributed by atoms with Crippen molar-refractivity contribution in [1.29, 1.82) is 0 Å². The van der Waals surface area contributed by atoms with Crippen LogP contribution in [0.5, 0.6) is 0 Å². The van der Waals surface area contributed by atoms with Crippen molar-refractivity contribution in [2.24, 2.45) is 0 Å². The number of hydrogen-bond donors (Lipinski definition) is 2. The van der Waals surface area contributed by atoms with Crippen molar-refractivity contribution in [2.45, 2.75) is 32.9 Å². The zero-order valence-corrected chi connectivity index (χ0v) is 13.7. The second-order valence-corrected chi connectivity index (χ2v) is 5.90. The fraction of sp³-hybridized carbons (Fsp3) is 0.250. The fourth-order valence-corrected chi connectivity index (χ4v) is 2.50. The van der Waals surface area contributed by atoms with Crippen LogP contribution in [0.2, 0.25) is 0 Å². The summed E-state index contributed by atoms with van der Waals surface area (Å²) < 4.78 is 0. The lowest BCUT2D eigenvalue weighted by Gasteiger charge is -2.11. The number of aromatic nitrogens is 2. The van der Waals surface area contributed by atoms with Gasteiger partial charge in [-0.05, 0) is 30.5 Å². The molecule has 1 unspecified atom stereocenters. The average molecular weight is 305 g/mol. The summed E-state index contributed by atoms with van der Waals surface area (Å²) in [6.07, 6.45) is 3.05. The zero-order valence-electron chi connectivity index (χ0n) is 13.7. The molecule has 0 aliphatic heterocycles. The summed E-state index contributed by atoms with van der Waals surface area (Å²) in [6.45, 7) is 5.30. The third kappa shape index (κ3) is 3.88. The summed E-state index contributed by atoms with van der Waals surface area (Å²) in [5.41, 5.74) is 4.62. The Morgan fingerprint density at radius 1 is 1.04 bits per heavy atom. The van der Waals surface area contributed by atoms with Gasteiger partial charge in [-0.3, -0.25) is 0 Å². The molecule has 3 heteroatoms. The van der Waals surface area contributed by atoms with E-state index < -0.39 is 0 Å². The standard InChI is InChI=1S/C20H23N3/c1-3-15(2)21-13-16-8-7-11-18(12-16)19-14-22-20(23-19)17-9-5-4-6-10-17/h4-12,14-15,21H,3,13H2,1-2H3,(H,22,23). The number of hydrogen-bond acceptors (Lipinski definition) is 2. The number of rotatable bonds is 6. The number of imidazole rings is 1. The molecule has 2 N–H and O–H groups in total. The van der Waals surface area contributed by atoms with E-state index >= 15 is 0 Å². The highest BCUT2D eigenvalue weighted by molar-refractivity contribution is 5.64. The van der Waals surface area contributed by atoms with Gasteiger partial charge in [-0.25, -0.2) is 4.98 Å². The van der Waals surface area contributed by atoms with Crippen molar-refractivity contribution in [3.63, 3.8) is 0 Å². The third-order valence-electron chi connectivity index (χ3n) is 4.13. The van der Waals surface area contributed by atoms with Crippen molar-refractivity contribution < 1.29 is 0 Å². The Balaban J connectivity index is 1.78. The SMILES string of the molecule is CCC(C)NCc1cccc(-c2cnc(-c3ccccc3)[nH]2)c1. The van der Waals surface area contributed by atoms with Gasteiger partial charge in [0, 0.05) is 18.2 Å². The van der Waals surface area contributed by atoms with Crippen LogP contribution >= 0.6 is 0 Å². The van der Waals surface area contributed by atoms with Gasteiger partial charge in [0.05, 0.1) is 11.9 Å². The van der Waals surface area contributed by atoms with Crippen molar-refractivity contribution in [1.82, 2.24) is 15.3 Å². The molecule has 3 aromatic rings. The lowest BCUT2D eigenvalue weighted by molar-refractivity contribution is 0.534. The minimum Gasteiger partial charge on any atom is -0.338 e. The quantitative estimate of drug-likeness (QED) is 0.697. The van der Waals surface area contributed by atoms with E-state index in [1.54, 1.807) is 0 Å². The van der Waals surface area contributed by atoms with E-state index in [1.165, 1.54) is 11.1 Å². The first-order valence-electron chi connectivity index (χ1n) is 8.19. The first-order chi connectivity index (χ1) is 11.3. The Kier molecular flexibility index (Phi) is 4.89. The van der Waals surface area contributed by atoms with Crippen LogP contribution in [0.3, 0.4) is 0 Å². The Morgan fingerprint density at radius 2 is 1.83 bits per heavy atom. The maximum Gasteiger partial charge on any atom is 0.137 e. The zero-order chi connectivity index (χ0) is 16.1. The molecule has 0 fully saturated rings. The Morgan fingerprint density at radius 3 is 2.61 bits per heavy atom. The molecule has 23 heavy (non-hydrogen) atoms. The predicted octanol–water partition coefficient (Wildman–Crippen LogP) is 4.63. The van der Waals surface area contributed by atoms with Crippen LogP contribution < -0.4 is 5.32 Å². The summed E-state index contributed by atoms with van der Waals surface area (Å²) >= 11 is 0. The van der Waals surface area contributed by atoms with Crippen LogP contribution in [-0.2, 0) is 6.54 Å². The molecular weight excluding hydrogens is 282 g/mol. The number of benzene rings is 2. The number of nitrogens with zero attached hydrogens (tertiary/aromatic N) is 1. The van der Waals surface area contributed by atoms with Gasteiger partial charge in [0.1, 0.15) is 5.82 Å². The van der Waals surface area contributed by atoms with Crippen LogP contribution in [-0.4, -0.2) is 16.0 Å². The van der Waals surface area contributed by atoms with E-state index in [2.05, 4.69) is 65.5 Å². The molecule has 1 heterocycles. The molecule has 0 spiro atoms. The summed E-state index contributed by atoms with van der Waals surface area (Å²) in [6, 6.07) is 19.3. The van der Waals surface area contributed by atoms with Gasteiger partial charge in [-0.2, -0.15) is 0 Å². The molecule has 0 aliphatic rings. The fourth-order valence-electron chi connectivity index (χ4n) is 2.50. The maximum atomic E-state index is 4.51. The third-order valence-corrected chi connectivity index (χ3v) is 4.13. The number of aromatic amines is 1. The summed E-state index contributed by atoms with van der Waals surface area (Å²) in [5.74, 6) is 0.906. The minimum absolute atomic E-state index is 0.537. The lowest BCUT2D eigenvalue weighted by Crippen LogP contribution is -2.24. The summed E-state index contributed by atoms with van der Waals surface area (Å²) in [7, 11) is 0. The molecule has 1 aromatic heterocycles. The molecule has 0 amide bonds.